The summed E-state index contributed by atoms with van der Waals surface area (Å²) in [5, 5.41) is 7.20. The van der Waals surface area contributed by atoms with E-state index in [-0.39, 0.29) is 34.7 Å². The van der Waals surface area contributed by atoms with Gasteiger partial charge in [0.15, 0.2) is 15.0 Å². The minimum atomic E-state index is -2.95. The summed E-state index contributed by atoms with van der Waals surface area (Å²) >= 11 is 1.49. The maximum Gasteiger partial charge on any atom is 0.251 e. The van der Waals surface area contributed by atoms with Crippen LogP contribution in [0, 0.1) is 6.92 Å². The first-order valence-electron chi connectivity index (χ1n) is 9.53. The summed E-state index contributed by atoms with van der Waals surface area (Å²) in [7, 11) is -2.95. The number of carbonyl (C=O) groups is 1. The van der Waals surface area contributed by atoms with E-state index < -0.39 is 9.84 Å². The van der Waals surface area contributed by atoms with E-state index in [2.05, 4.69) is 15.6 Å². The van der Waals surface area contributed by atoms with Gasteiger partial charge in [-0.1, -0.05) is 37.1 Å². The van der Waals surface area contributed by atoms with E-state index in [1.807, 2.05) is 25.1 Å². The fraction of sp³-hybridized carbons (Fsp3) is 0.579. The molecule has 1 amide bonds. The monoisotopic (exact) mass is 407 g/mol. The Kier molecular flexibility index (Phi) is 5.20. The average Bonchev–Trinajstić information content (AvgIpc) is 3.10. The number of rotatable bonds is 3. The number of aliphatic imine (C=N–C) groups is 1. The maximum atomic E-state index is 12.6. The van der Waals surface area contributed by atoms with Crippen molar-refractivity contribution in [2.24, 2.45) is 4.99 Å². The number of fused-ring (bicyclic) bond motifs is 1. The third-order valence-electron chi connectivity index (χ3n) is 5.50. The molecule has 0 spiro atoms. The molecule has 1 aliphatic carbocycles. The zero-order valence-electron chi connectivity index (χ0n) is 15.4. The molecule has 8 heteroatoms. The highest BCUT2D eigenvalue weighted by Crippen LogP contribution is 2.35. The summed E-state index contributed by atoms with van der Waals surface area (Å²) < 4.78 is 23.4. The van der Waals surface area contributed by atoms with Crippen molar-refractivity contribution in [3.63, 3.8) is 0 Å². The van der Waals surface area contributed by atoms with Gasteiger partial charge >= 0.3 is 0 Å². The molecule has 2 heterocycles. The lowest BCUT2D eigenvalue weighted by Crippen LogP contribution is -2.36. The smallest absolute Gasteiger partial charge is 0.251 e. The van der Waals surface area contributed by atoms with Crippen LogP contribution < -0.4 is 10.6 Å². The SMILES string of the molecule is Cc1ccc(C(=O)NC2CCCCC2)cc1NC1=N[C@@H]2CS(=O)(=O)C[C@@H]2S1. The summed E-state index contributed by atoms with van der Waals surface area (Å²) in [5.41, 5.74) is 2.51. The number of hydrogen-bond donors (Lipinski definition) is 2. The Morgan fingerprint density at radius 2 is 1.96 bits per heavy atom. The second-order valence-electron chi connectivity index (χ2n) is 7.70. The third-order valence-corrected chi connectivity index (χ3v) is 8.64. The molecule has 2 fully saturated rings. The van der Waals surface area contributed by atoms with Gasteiger partial charge in [-0.05, 0) is 37.5 Å². The maximum absolute atomic E-state index is 12.6. The van der Waals surface area contributed by atoms with Crippen molar-refractivity contribution in [2.75, 3.05) is 16.8 Å². The number of amidine groups is 1. The third kappa shape index (κ3) is 4.32. The molecule has 1 saturated carbocycles. The van der Waals surface area contributed by atoms with Gasteiger partial charge in [0.2, 0.25) is 0 Å². The van der Waals surface area contributed by atoms with Crippen LogP contribution in [0.25, 0.3) is 0 Å². The molecule has 1 aromatic rings. The lowest BCUT2D eigenvalue weighted by molar-refractivity contribution is 0.0927. The zero-order valence-corrected chi connectivity index (χ0v) is 17.0. The minimum absolute atomic E-state index is 0.00980. The summed E-state index contributed by atoms with van der Waals surface area (Å²) in [5.74, 6) is 0.298. The van der Waals surface area contributed by atoms with Crippen LogP contribution in [0.15, 0.2) is 23.2 Å². The Morgan fingerprint density at radius 1 is 1.19 bits per heavy atom. The van der Waals surface area contributed by atoms with Gasteiger partial charge in [0.1, 0.15) is 0 Å². The van der Waals surface area contributed by atoms with E-state index in [1.54, 1.807) is 0 Å². The number of sulfone groups is 1. The largest absolute Gasteiger partial charge is 0.349 e. The topological polar surface area (TPSA) is 87.6 Å². The summed E-state index contributed by atoms with van der Waals surface area (Å²) in [6, 6.07) is 5.77. The van der Waals surface area contributed by atoms with Crippen LogP contribution in [0.2, 0.25) is 0 Å². The molecular formula is C19H25N3O3S2. The van der Waals surface area contributed by atoms with Crippen LogP contribution in [0.4, 0.5) is 5.69 Å². The number of hydrogen-bond acceptors (Lipinski definition) is 6. The van der Waals surface area contributed by atoms with Gasteiger partial charge in [-0.3, -0.25) is 9.79 Å². The highest BCUT2D eigenvalue weighted by Gasteiger charge is 2.42. The van der Waals surface area contributed by atoms with Crippen LogP contribution in [0.3, 0.4) is 0 Å². The zero-order chi connectivity index (χ0) is 19.0. The van der Waals surface area contributed by atoms with E-state index >= 15 is 0 Å². The van der Waals surface area contributed by atoms with Crippen molar-refractivity contribution in [2.45, 2.75) is 56.4 Å². The van der Waals surface area contributed by atoms with Crippen LogP contribution in [0.5, 0.6) is 0 Å². The van der Waals surface area contributed by atoms with Crippen molar-refractivity contribution in [1.29, 1.82) is 0 Å². The Bertz CT molecular complexity index is 876. The summed E-state index contributed by atoms with van der Waals surface area (Å²) in [6.07, 6.45) is 5.74. The summed E-state index contributed by atoms with van der Waals surface area (Å²) in [4.78, 5) is 17.1. The van der Waals surface area contributed by atoms with Crippen molar-refractivity contribution >= 4 is 38.4 Å². The number of nitrogens with zero attached hydrogens (tertiary/aromatic N) is 1. The van der Waals surface area contributed by atoms with Gasteiger partial charge < -0.3 is 10.6 Å². The van der Waals surface area contributed by atoms with E-state index in [1.165, 1.54) is 31.0 Å². The predicted molar refractivity (Wildman–Crippen MR) is 110 cm³/mol. The molecule has 4 rings (SSSR count). The van der Waals surface area contributed by atoms with Crippen molar-refractivity contribution in [3.8, 4) is 0 Å². The molecule has 27 heavy (non-hydrogen) atoms. The first kappa shape index (κ1) is 18.8. The van der Waals surface area contributed by atoms with Gasteiger partial charge in [0.05, 0.1) is 17.5 Å². The second-order valence-corrected chi connectivity index (χ2v) is 11.1. The fourth-order valence-electron chi connectivity index (χ4n) is 3.94. The molecule has 0 bridgehead atoms. The highest BCUT2D eigenvalue weighted by atomic mass is 32.2. The lowest BCUT2D eigenvalue weighted by Gasteiger charge is -2.23. The predicted octanol–water partition coefficient (Wildman–Crippen LogP) is 2.74. The fourth-order valence-corrected chi connectivity index (χ4v) is 7.61. The van der Waals surface area contributed by atoms with Gasteiger partial charge in [-0.25, -0.2) is 8.42 Å². The molecule has 1 saturated heterocycles. The number of thioether (sulfide) groups is 1. The Balaban J connectivity index is 1.44. The van der Waals surface area contributed by atoms with Crippen molar-refractivity contribution in [3.05, 3.63) is 29.3 Å². The standard InChI is InChI=1S/C19H25N3O3S2/c1-12-7-8-13(18(23)20-14-5-3-2-4-6-14)9-15(12)21-19-22-16-10-27(24,25)11-17(16)26-19/h7-9,14,16-17H,2-6,10-11H2,1H3,(H,20,23)(H,21,22)/t16-,17+/m1/s1. The lowest BCUT2D eigenvalue weighted by atomic mass is 9.95. The van der Waals surface area contributed by atoms with Gasteiger partial charge in [0, 0.05) is 22.5 Å². The van der Waals surface area contributed by atoms with E-state index in [4.69, 9.17) is 0 Å². The van der Waals surface area contributed by atoms with Crippen LogP contribution in [0.1, 0.15) is 48.0 Å². The van der Waals surface area contributed by atoms with Crippen LogP contribution in [-0.2, 0) is 9.84 Å². The molecule has 0 radical (unpaired) electrons. The number of anilines is 1. The van der Waals surface area contributed by atoms with Crippen molar-refractivity contribution < 1.29 is 13.2 Å². The molecule has 3 aliphatic rings. The Labute approximate surface area is 164 Å². The second kappa shape index (κ2) is 7.47. The molecule has 2 aliphatic heterocycles. The summed E-state index contributed by atoms with van der Waals surface area (Å²) in [6.45, 7) is 1.98. The number of amides is 1. The van der Waals surface area contributed by atoms with E-state index in [9.17, 15) is 13.2 Å². The average molecular weight is 408 g/mol. The minimum Gasteiger partial charge on any atom is -0.349 e. The Morgan fingerprint density at radius 3 is 2.70 bits per heavy atom. The molecular weight excluding hydrogens is 382 g/mol. The molecule has 2 N–H and O–H groups in total. The van der Waals surface area contributed by atoms with Gasteiger partial charge in [0.25, 0.3) is 5.91 Å². The highest BCUT2D eigenvalue weighted by molar-refractivity contribution is 8.15. The van der Waals surface area contributed by atoms with Gasteiger partial charge in [-0.2, -0.15) is 0 Å². The molecule has 1 aromatic carbocycles. The number of aryl methyl sites for hydroxylation is 1. The molecule has 2 atom stereocenters. The van der Waals surface area contributed by atoms with E-state index in [0.717, 1.165) is 29.3 Å². The molecule has 0 unspecified atom stereocenters. The van der Waals surface area contributed by atoms with Gasteiger partial charge in [-0.15, -0.1) is 0 Å². The molecule has 146 valence electrons. The first-order valence-corrected chi connectivity index (χ1v) is 12.2. The quantitative estimate of drug-likeness (QED) is 0.804. The van der Waals surface area contributed by atoms with Crippen LogP contribution >= 0.6 is 11.8 Å². The molecule has 0 aromatic heterocycles. The number of benzene rings is 1. The van der Waals surface area contributed by atoms with Crippen molar-refractivity contribution in [1.82, 2.24) is 5.32 Å². The number of carbonyl (C=O) groups excluding carboxylic acids is 1. The molecule has 6 nitrogen and oxygen atoms in total. The Hall–Kier alpha value is -1.54. The number of nitrogens with one attached hydrogen (secondary N) is 2. The van der Waals surface area contributed by atoms with E-state index in [0.29, 0.717) is 5.56 Å². The normalized spacial score (nSPS) is 27.1. The van der Waals surface area contributed by atoms with Crippen LogP contribution in [-0.4, -0.2) is 48.3 Å². The first-order chi connectivity index (χ1) is 12.9.